The van der Waals surface area contributed by atoms with E-state index in [1.165, 1.54) is 19.3 Å². The van der Waals surface area contributed by atoms with E-state index in [0.717, 1.165) is 12.2 Å². The Morgan fingerprint density at radius 3 is 2.38 bits per heavy atom. The van der Waals surface area contributed by atoms with Crippen LogP contribution >= 0.6 is 0 Å². The standard InChI is InChI=1S/C7H12O/c1-6(5-8)7-3-2-4-7/h5-7H,2-4H2,1H3. The number of carbonyl (C=O) groups is 1. The molecule has 1 unspecified atom stereocenters. The molecule has 0 radical (unpaired) electrons. The monoisotopic (exact) mass is 112 g/mol. The molecular weight excluding hydrogens is 100 g/mol. The summed E-state index contributed by atoms with van der Waals surface area (Å²) >= 11 is 0. The SMILES string of the molecule is CC(C=O)C1CCC1. The molecule has 0 aromatic carbocycles. The number of rotatable bonds is 2. The van der Waals surface area contributed by atoms with E-state index in [1.807, 2.05) is 6.92 Å². The Hall–Kier alpha value is -0.330. The third-order valence-corrected chi connectivity index (χ3v) is 2.11. The summed E-state index contributed by atoms with van der Waals surface area (Å²) in [6.07, 6.45) is 4.96. The molecule has 1 saturated carbocycles. The fourth-order valence-corrected chi connectivity index (χ4v) is 1.08. The second-order valence-electron chi connectivity index (χ2n) is 2.69. The van der Waals surface area contributed by atoms with Crippen LogP contribution in [0.1, 0.15) is 26.2 Å². The first-order valence-electron chi connectivity index (χ1n) is 3.30. The highest BCUT2D eigenvalue weighted by atomic mass is 16.1. The Labute approximate surface area is 50.1 Å². The van der Waals surface area contributed by atoms with E-state index in [4.69, 9.17) is 0 Å². The van der Waals surface area contributed by atoms with E-state index < -0.39 is 0 Å². The van der Waals surface area contributed by atoms with Crippen molar-refractivity contribution < 1.29 is 4.79 Å². The molecule has 1 nitrogen and oxygen atoms in total. The first-order valence-corrected chi connectivity index (χ1v) is 3.30. The first kappa shape index (κ1) is 5.80. The van der Waals surface area contributed by atoms with Gasteiger partial charge in [0, 0.05) is 5.92 Å². The first-order chi connectivity index (χ1) is 3.84. The molecule has 0 bridgehead atoms. The van der Waals surface area contributed by atoms with Crippen LogP contribution in [-0.2, 0) is 4.79 Å². The van der Waals surface area contributed by atoms with Gasteiger partial charge in [-0.15, -0.1) is 0 Å². The van der Waals surface area contributed by atoms with Crippen molar-refractivity contribution in [2.45, 2.75) is 26.2 Å². The van der Waals surface area contributed by atoms with Crippen LogP contribution in [0.25, 0.3) is 0 Å². The normalized spacial score (nSPS) is 24.1. The van der Waals surface area contributed by atoms with Crippen LogP contribution in [0.15, 0.2) is 0 Å². The van der Waals surface area contributed by atoms with Gasteiger partial charge >= 0.3 is 0 Å². The Morgan fingerprint density at radius 1 is 1.62 bits per heavy atom. The smallest absolute Gasteiger partial charge is 0.123 e. The summed E-state index contributed by atoms with van der Waals surface area (Å²) < 4.78 is 0. The molecule has 1 atom stereocenters. The summed E-state index contributed by atoms with van der Waals surface area (Å²) in [5, 5.41) is 0. The van der Waals surface area contributed by atoms with Crippen LogP contribution in [-0.4, -0.2) is 6.29 Å². The van der Waals surface area contributed by atoms with E-state index >= 15 is 0 Å². The third kappa shape index (κ3) is 0.908. The van der Waals surface area contributed by atoms with E-state index in [0.29, 0.717) is 5.92 Å². The van der Waals surface area contributed by atoms with Crippen molar-refractivity contribution >= 4 is 6.29 Å². The van der Waals surface area contributed by atoms with Gasteiger partial charge in [-0.25, -0.2) is 0 Å². The molecule has 1 aliphatic carbocycles. The maximum Gasteiger partial charge on any atom is 0.123 e. The van der Waals surface area contributed by atoms with Crippen LogP contribution in [0, 0.1) is 11.8 Å². The Balaban J connectivity index is 2.22. The van der Waals surface area contributed by atoms with Crippen molar-refractivity contribution in [2.75, 3.05) is 0 Å². The fourth-order valence-electron chi connectivity index (χ4n) is 1.08. The highest BCUT2D eigenvalue weighted by molar-refractivity contribution is 5.53. The zero-order chi connectivity index (χ0) is 5.98. The minimum absolute atomic E-state index is 0.323. The molecule has 0 aliphatic heterocycles. The molecule has 1 heteroatoms. The zero-order valence-electron chi connectivity index (χ0n) is 5.26. The van der Waals surface area contributed by atoms with Gasteiger partial charge in [0.1, 0.15) is 6.29 Å². The molecule has 46 valence electrons. The van der Waals surface area contributed by atoms with Gasteiger partial charge in [0.15, 0.2) is 0 Å². The van der Waals surface area contributed by atoms with Gasteiger partial charge in [-0.1, -0.05) is 13.3 Å². The number of hydrogen-bond acceptors (Lipinski definition) is 1. The van der Waals surface area contributed by atoms with Crippen molar-refractivity contribution in [3.05, 3.63) is 0 Å². The topological polar surface area (TPSA) is 17.1 Å². The highest BCUT2D eigenvalue weighted by Crippen LogP contribution is 2.31. The largest absolute Gasteiger partial charge is 0.303 e. The zero-order valence-corrected chi connectivity index (χ0v) is 5.26. The van der Waals surface area contributed by atoms with E-state index in [1.54, 1.807) is 0 Å². The summed E-state index contributed by atoms with van der Waals surface area (Å²) in [6, 6.07) is 0. The second-order valence-corrected chi connectivity index (χ2v) is 2.69. The molecular formula is C7H12O. The minimum atomic E-state index is 0.323. The molecule has 0 aromatic rings. The van der Waals surface area contributed by atoms with Gasteiger partial charge in [0.25, 0.3) is 0 Å². The summed E-state index contributed by atoms with van der Waals surface area (Å²) in [4.78, 5) is 10.1. The average molecular weight is 112 g/mol. The van der Waals surface area contributed by atoms with Gasteiger partial charge < -0.3 is 4.79 Å². The van der Waals surface area contributed by atoms with E-state index in [-0.39, 0.29) is 0 Å². The predicted octanol–water partition coefficient (Wildman–Crippen LogP) is 1.62. The lowest BCUT2D eigenvalue weighted by Gasteiger charge is -2.27. The van der Waals surface area contributed by atoms with Crippen LogP contribution in [0.5, 0.6) is 0 Å². The van der Waals surface area contributed by atoms with Crippen LogP contribution in [0.3, 0.4) is 0 Å². The van der Waals surface area contributed by atoms with E-state index in [9.17, 15) is 4.79 Å². The van der Waals surface area contributed by atoms with Gasteiger partial charge in [0.2, 0.25) is 0 Å². The molecule has 1 aliphatic rings. The Morgan fingerprint density at radius 2 is 2.25 bits per heavy atom. The molecule has 1 rings (SSSR count). The van der Waals surface area contributed by atoms with Gasteiger partial charge in [-0.2, -0.15) is 0 Å². The number of hydrogen-bond donors (Lipinski definition) is 0. The van der Waals surface area contributed by atoms with Crippen molar-refractivity contribution in [3.8, 4) is 0 Å². The van der Waals surface area contributed by atoms with Crippen LogP contribution in [0.4, 0.5) is 0 Å². The van der Waals surface area contributed by atoms with Crippen molar-refractivity contribution in [3.63, 3.8) is 0 Å². The maximum atomic E-state index is 10.1. The van der Waals surface area contributed by atoms with Gasteiger partial charge in [-0.05, 0) is 18.8 Å². The van der Waals surface area contributed by atoms with Crippen molar-refractivity contribution in [1.29, 1.82) is 0 Å². The lowest BCUT2D eigenvalue weighted by Crippen LogP contribution is -2.20. The number of carbonyl (C=O) groups excluding carboxylic acids is 1. The Kier molecular flexibility index (Phi) is 1.66. The highest BCUT2D eigenvalue weighted by Gasteiger charge is 2.22. The summed E-state index contributed by atoms with van der Waals surface area (Å²) in [7, 11) is 0. The molecule has 0 saturated heterocycles. The maximum absolute atomic E-state index is 10.1. The summed E-state index contributed by atoms with van der Waals surface area (Å²) in [5.74, 6) is 1.05. The van der Waals surface area contributed by atoms with Gasteiger partial charge in [-0.3, -0.25) is 0 Å². The molecule has 0 N–H and O–H groups in total. The predicted molar refractivity (Wildman–Crippen MR) is 32.6 cm³/mol. The van der Waals surface area contributed by atoms with E-state index in [2.05, 4.69) is 0 Å². The summed E-state index contributed by atoms with van der Waals surface area (Å²) in [6.45, 7) is 2.01. The van der Waals surface area contributed by atoms with Crippen LogP contribution < -0.4 is 0 Å². The lowest BCUT2D eigenvalue weighted by atomic mass is 9.77. The average Bonchev–Trinajstić information content (AvgIpc) is 1.62. The van der Waals surface area contributed by atoms with Crippen molar-refractivity contribution in [1.82, 2.24) is 0 Å². The molecule has 0 aromatic heterocycles. The Bertz CT molecular complexity index is 84.4. The molecule has 0 amide bonds. The van der Waals surface area contributed by atoms with Crippen LogP contribution in [0.2, 0.25) is 0 Å². The lowest BCUT2D eigenvalue weighted by molar-refractivity contribution is -0.112. The fraction of sp³-hybridized carbons (Fsp3) is 0.857. The molecule has 0 heterocycles. The molecule has 0 spiro atoms. The molecule has 8 heavy (non-hydrogen) atoms. The quantitative estimate of drug-likeness (QED) is 0.496. The minimum Gasteiger partial charge on any atom is -0.303 e. The third-order valence-electron chi connectivity index (χ3n) is 2.11. The van der Waals surface area contributed by atoms with Crippen molar-refractivity contribution in [2.24, 2.45) is 11.8 Å². The second kappa shape index (κ2) is 2.29. The van der Waals surface area contributed by atoms with Gasteiger partial charge in [0.05, 0.1) is 0 Å². The summed E-state index contributed by atoms with van der Waals surface area (Å²) in [5.41, 5.74) is 0. The molecule has 1 fully saturated rings. The number of aldehydes is 1.